The number of nitrogens with zero attached hydrogens (tertiary/aromatic N) is 3. The van der Waals surface area contributed by atoms with Crippen molar-refractivity contribution in [2.24, 2.45) is 0 Å². The van der Waals surface area contributed by atoms with Gasteiger partial charge >= 0.3 is 0 Å². The van der Waals surface area contributed by atoms with Crippen molar-refractivity contribution in [1.82, 2.24) is 30.4 Å². The molecule has 3 N–H and O–H groups in total. The fraction of sp³-hybridized carbons (Fsp3) is 0.290. The van der Waals surface area contributed by atoms with Crippen LogP contribution in [0.15, 0.2) is 60.3 Å². The summed E-state index contributed by atoms with van der Waals surface area (Å²) in [7, 11) is 4.10. The number of allylic oxidation sites excluding steroid dienone is 1. The Morgan fingerprint density at radius 1 is 1.18 bits per heavy atom. The molecule has 3 aromatic heterocycles. The molecule has 196 valence electrons. The largest absolute Gasteiger partial charge is 0.353 e. The maximum Gasteiger partial charge on any atom is 0.124 e. The van der Waals surface area contributed by atoms with Crippen LogP contribution in [0.5, 0.6) is 0 Å². The zero-order chi connectivity index (χ0) is 26.6. The SMILES string of the molecule is C=C(/C=c1/c(-c2cc3c(-c4cc(F)cc(CCCN(C)C)c4)nccc3[nH]2)n[nH]/c1=C/C)C1=CCNCC1. The fourth-order valence-electron chi connectivity index (χ4n) is 5.06. The summed E-state index contributed by atoms with van der Waals surface area (Å²) in [5.74, 6) is -0.241. The van der Waals surface area contributed by atoms with Gasteiger partial charge in [-0.3, -0.25) is 10.1 Å². The van der Waals surface area contributed by atoms with Crippen molar-refractivity contribution >= 4 is 23.1 Å². The molecule has 0 atom stereocenters. The summed E-state index contributed by atoms with van der Waals surface area (Å²) in [5.41, 5.74) is 7.40. The second-order valence-electron chi connectivity index (χ2n) is 10.1. The predicted octanol–water partition coefficient (Wildman–Crippen LogP) is 4.31. The van der Waals surface area contributed by atoms with Crippen LogP contribution >= 0.6 is 0 Å². The molecule has 0 saturated heterocycles. The van der Waals surface area contributed by atoms with Gasteiger partial charge in [0.15, 0.2) is 0 Å². The van der Waals surface area contributed by atoms with Crippen molar-refractivity contribution in [2.45, 2.75) is 26.2 Å². The number of aromatic nitrogens is 4. The fourth-order valence-corrected chi connectivity index (χ4v) is 5.06. The van der Waals surface area contributed by atoms with E-state index in [1.165, 1.54) is 5.57 Å². The first-order valence-corrected chi connectivity index (χ1v) is 13.2. The number of halogens is 1. The summed E-state index contributed by atoms with van der Waals surface area (Å²) in [5, 5.41) is 14.0. The normalized spacial score (nSPS) is 15.0. The number of nitrogens with one attached hydrogen (secondary N) is 3. The standard InChI is InChI=1S/C31H35FN6/c1-5-27-25(15-20(2)22-8-11-33-12-9-22)31(37-36-27)29-19-26-28(35-29)10-13-34-30(26)23-16-21(17-24(32)18-23)7-6-14-38(3)4/h5,8,10,13,15-19,33,35-36H,2,6-7,9,11-12,14H2,1,3-4H3/b25-15+,27-5+. The van der Waals surface area contributed by atoms with Crippen LogP contribution < -0.4 is 15.9 Å². The number of rotatable bonds is 8. The van der Waals surface area contributed by atoms with Crippen molar-refractivity contribution in [3.8, 4) is 22.6 Å². The van der Waals surface area contributed by atoms with E-state index in [2.05, 4.69) is 75.3 Å². The van der Waals surface area contributed by atoms with Gasteiger partial charge < -0.3 is 15.2 Å². The quantitative estimate of drug-likeness (QED) is 0.330. The third-order valence-corrected chi connectivity index (χ3v) is 7.02. The molecule has 5 rings (SSSR count). The summed E-state index contributed by atoms with van der Waals surface area (Å²) in [6.07, 6.45) is 10.8. The van der Waals surface area contributed by atoms with Crippen LogP contribution in [-0.4, -0.2) is 58.8 Å². The van der Waals surface area contributed by atoms with E-state index in [0.29, 0.717) is 0 Å². The monoisotopic (exact) mass is 510 g/mol. The average Bonchev–Trinajstić information content (AvgIpc) is 3.52. The van der Waals surface area contributed by atoms with Crippen LogP contribution in [-0.2, 0) is 6.42 Å². The first kappa shape index (κ1) is 25.8. The van der Waals surface area contributed by atoms with Crippen LogP contribution in [0.2, 0.25) is 0 Å². The third-order valence-electron chi connectivity index (χ3n) is 7.02. The number of fused-ring (bicyclic) bond motifs is 1. The molecule has 0 amide bonds. The van der Waals surface area contributed by atoms with Crippen molar-refractivity contribution in [2.75, 3.05) is 33.7 Å². The van der Waals surface area contributed by atoms with E-state index >= 15 is 0 Å². The van der Waals surface area contributed by atoms with E-state index in [9.17, 15) is 4.39 Å². The molecule has 0 saturated carbocycles. The van der Waals surface area contributed by atoms with Crippen LogP contribution in [0, 0.1) is 5.82 Å². The van der Waals surface area contributed by atoms with Crippen LogP contribution in [0.25, 0.3) is 45.7 Å². The molecular formula is C31H35FN6. The molecule has 38 heavy (non-hydrogen) atoms. The van der Waals surface area contributed by atoms with E-state index in [-0.39, 0.29) is 5.82 Å². The summed E-state index contributed by atoms with van der Waals surface area (Å²) in [4.78, 5) is 10.3. The topological polar surface area (TPSA) is 72.6 Å². The van der Waals surface area contributed by atoms with Gasteiger partial charge in [0.05, 0.1) is 16.7 Å². The van der Waals surface area contributed by atoms with E-state index in [0.717, 1.165) is 94.1 Å². The first-order valence-electron chi connectivity index (χ1n) is 13.2. The number of aromatic amines is 2. The molecule has 1 aliphatic rings. The average molecular weight is 511 g/mol. The van der Waals surface area contributed by atoms with Crippen molar-refractivity contribution < 1.29 is 4.39 Å². The van der Waals surface area contributed by atoms with Gasteiger partial charge in [-0.15, -0.1) is 0 Å². The Kier molecular flexibility index (Phi) is 7.67. The minimum Gasteiger partial charge on any atom is -0.353 e. The number of hydrogen-bond donors (Lipinski definition) is 3. The van der Waals surface area contributed by atoms with Gasteiger partial charge in [0.25, 0.3) is 0 Å². The molecule has 0 bridgehead atoms. The highest BCUT2D eigenvalue weighted by Gasteiger charge is 2.15. The first-order chi connectivity index (χ1) is 18.4. The van der Waals surface area contributed by atoms with E-state index in [1.807, 2.05) is 19.1 Å². The lowest BCUT2D eigenvalue weighted by molar-refractivity contribution is 0.400. The maximum absolute atomic E-state index is 14.7. The third kappa shape index (κ3) is 5.54. The molecule has 0 spiro atoms. The second-order valence-corrected chi connectivity index (χ2v) is 10.1. The summed E-state index contributed by atoms with van der Waals surface area (Å²) >= 11 is 0. The van der Waals surface area contributed by atoms with E-state index in [4.69, 9.17) is 0 Å². The highest BCUT2D eigenvalue weighted by molar-refractivity contribution is 5.96. The highest BCUT2D eigenvalue weighted by Crippen LogP contribution is 2.31. The smallest absolute Gasteiger partial charge is 0.124 e. The number of H-pyrrole nitrogens is 2. The molecule has 4 heterocycles. The van der Waals surface area contributed by atoms with Gasteiger partial charge in [0, 0.05) is 34.4 Å². The Labute approximate surface area is 222 Å². The Morgan fingerprint density at radius 2 is 2.05 bits per heavy atom. The van der Waals surface area contributed by atoms with Crippen molar-refractivity contribution in [3.63, 3.8) is 0 Å². The van der Waals surface area contributed by atoms with Crippen LogP contribution in [0.1, 0.15) is 25.3 Å². The molecule has 0 aliphatic carbocycles. The number of pyridine rings is 1. The highest BCUT2D eigenvalue weighted by atomic mass is 19.1. The predicted molar refractivity (Wildman–Crippen MR) is 155 cm³/mol. The number of benzene rings is 1. The van der Waals surface area contributed by atoms with Gasteiger partial charge in [0.2, 0.25) is 0 Å². The van der Waals surface area contributed by atoms with Crippen molar-refractivity contribution in [3.05, 3.63) is 82.3 Å². The molecule has 4 aromatic rings. The zero-order valence-corrected chi connectivity index (χ0v) is 22.4. The lowest BCUT2D eigenvalue weighted by Crippen LogP contribution is -2.25. The Balaban J connectivity index is 1.56. The summed E-state index contributed by atoms with van der Waals surface area (Å²) < 4.78 is 14.7. The van der Waals surface area contributed by atoms with E-state index in [1.54, 1.807) is 18.3 Å². The molecule has 0 fully saturated rings. The number of aryl methyl sites for hydroxylation is 1. The summed E-state index contributed by atoms with van der Waals surface area (Å²) in [6.45, 7) is 9.12. The molecule has 0 unspecified atom stereocenters. The van der Waals surface area contributed by atoms with Gasteiger partial charge in [-0.25, -0.2) is 4.39 Å². The molecule has 6 nitrogen and oxygen atoms in total. The van der Waals surface area contributed by atoms with Gasteiger partial charge in [-0.2, -0.15) is 5.10 Å². The molecule has 0 radical (unpaired) electrons. The van der Waals surface area contributed by atoms with Crippen molar-refractivity contribution in [1.29, 1.82) is 0 Å². The lowest BCUT2D eigenvalue weighted by Gasteiger charge is -2.13. The molecular weight excluding hydrogens is 475 g/mol. The second kappa shape index (κ2) is 11.3. The molecule has 1 aliphatic heterocycles. The Bertz CT molecular complexity index is 1620. The zero-order valence-electron chi connectivity index (χ0n) is 22.4. The van der Waals surface area contributed by atoms with E-state index < -0.39 is 0 Å². The minimum absolute atomic E-state index is 0.241. The molecule has 1 aromatic carbocycles. The Morgan fingerprint density at radius 3 is 2.82 bits per heavy atom. The van der Waals surface area contributed by atoms with Gasteiger partial charge in [-0.1, -0.05) is 18.7 Å². The summed E-state index contributed by atoms with van der Waals surface area (Å²) in [6, 6.07) is 9.26. The van der Waals surface area contributed by atoms with Gasteiger partial charge in [0.1, 0.15) is 11.5 Å². The van der Waals surface area contributed by atoms with Crippen LogP contribution in [0.3, 0.4) is 0 Å². The lowest BCUT2D eigenvalue weighted by atomic mass is 10.00. The minimum atomic E-state index is -0.241. The molecule has 7 heteroatoms. The van der Waals surface area contributed by atoms with Gasteiger partial charge in [-0.05, 0) is 106 Å². The maximum atomic E-state index is 14.7. The van der Waals surface area contributed by atoms with Crippen LogP contribution in [0.4, 0.5) is 4.39 Å². The Hall–Kier alpha value is -3.81. The number of hydrogen-bond acceptors (Lipinski definition) is 4.